The van der Waals surface area contributed by atoms with Crippen molar-refractivity contribution in [3.63, 3.8) is 0 Å². The van der Waals surface area contributed by atoms with Gasteiger partial charge in [0.1, 0.15) is 0 Å². The summed E-state index contributed by atoms with van der Waals surface area (Å²) < 4.78 is 0. The summed E-state index contributed by atoms with van der Waals surface area (Å²) in [6, 6.07) is 5.88. The number of pyridine rings is 1. The van der Waals surface area contributed by atoms with Gasteiger partial charge in [0.05, 0.1) is 11.1 Å². The number of rotatable bonds is 6. The molecule has 1 heterocycles. The van der Waals surface area contributed by atoms with Gasteiger partial charge in [-0.25, -0.2) is 0 Å². The zero-order chi connectivity index (χ0) is 11.1. The molecule has 0 fully saturated rings. The van der Waals surface area contributed by atoms with E-state index in [0.717, 1.165) is 31.7 Å². The quantitative estimate of drug-likeness (QED) is 0.693. The predicted octanol–water partition coefficient (Wildman–Crippen LogP) is 3.09. The van der Waals surface area contributed by atoms with Gasteiger partial charge in [0.15, 0.2) is 0 Å². The van der Waals surface area contributed by atoms with E-state index in [-0.39, 0.29) is 5.38 Å². The fourth-order valence-corrected chi connectivity index (χ4v) is 1.77. The van der Waals surface area contributed by atoms with E-state index in [1.54, 1.807) is 6.20 Å². The van der Waals surface area contributed by atoms with Gasteiger partial charge in [-0.05, 0) is 38.2 Å². The fourth-order valence-electron chi connectivity index (χ4n) is 1.54. The molecule has 3 heteroatoms. The van der Waals surface area contributed by atoms with E-state index in [2.05, 4.69) is 23.7 Å². The maximum absolute atomic E-state index is 6.28. The summed E-state index contributed by atoms with van der Waals surface area (Å²) in [7, 11) is 0. The average molecular weight is 227 g/mol. The third kappa shape index (κ3) is 4.18. The van der Waals surface area contributed by atoms with Crippen LogP contribution in [0.15, 0.2) is 24.4 Å². The van der Waals surface area contributed by atoms with E-state index in [0.29, 0.717) is 0 Å². The molecule has 84 valence electrons. The summed E-state index contributed by atoms with van der Waals surface area (Å²) in [5, 5.41) is 0.0341. The van der Waals surface area contributed by atoms with Crippen LogP contribution in [0.2, 0.25) is 0 Å². The Morgan fingerprint density at radius 3 is 2.60 bits per heavy atom. The predicted molar refractivity (Wildman–Crippen MR) is 65.2 cm³/mol. The van der Waals surface area contributed by atoms with Crippen LogP contribution in [-0.2, 0) is 0 Å². The monoisotopic (exact) mass is 226 g/mol. The Hall–Kier alpha value is -0.600. The molecule has 1 rings (SSSR count). The molecule has 1 aromatic rings. The highest BCUT2D eigenvalue weighted by Gasteiger charge is 2.10. The Bertz CT molecular complexity index is 260. The lowest BCUT2D eigenvalue weighted by Gasteiger charge is -2.19. The first-order valence-electron chi connectivity index (χ1n) is 5.55. The molecule has 0 aliphatic carbocycles. The van der Waals surface area contributed by atoms with E-state index in [1.807, 2.05) is 18.2 Å². The molecule has 1 atom stereocenters. The van der Waals surface area contributed by atoms with E-state index in [1.165, 1.54) is 0 Å². The van der Waals surface area contributed by atoms with Crippen molar-refractivity contribution in [2.24, 2.45) is 0 Å². The Labute approximate surface area is 97.3 Å². The van der Waals surface area contributed by atoms with Crippen molar-refractivity contribution < 1.29 is 0 Å². The zero-order valence-electron chi connectivity index (χ0n) is 9.49. The number of nitrogens with zero attached hydrogens (tertiary/aromatic N) is 2. The lowest BCUT2D eigenvalue weighted by molar-refractivity contribution is 0.298. The summed E-state index contributed by atoms with van der Waals surface area (Å²) >= 11 is 6.28. The summed E-state index contributed by atoms with van der Waals surface area (Å²) in [6.45, 7) is 7.56. The molecule has 0 N–H and O–H groups in total. The highest BCUT2D eigenvalue weighted by atomic mass is 35.5. The first-order valence-corrected chi connectivity index (χ1v) is 5.98. The second kappa shape index (κ2) is 6.81. The molecule has 0 saturated heterocycles. The number of halogens is 1. The van der Waals surface area contributed by atoms with Crippen LogP contribution >= 0.6 is 11.6 Å². The van der Waals surface area contributed by atoms with Crippen molar-refractivity contribution in [2.45, 2.75) is 25.6 Å². The zero-order valence-corrected chi connectivity index (χ0v) is 10.2. The third-order valence-corrected chi connectivity index (χ3v) is 3.04. The maximum Gasteiger partial charge on any atom is 0.0769 e. The minimum atomic E-state index is 0.0341. The van der Waals surface area contributed by atoms with Gasteiger partial charge < -0.3 is 4.90 Å². The van der Waals surface area contributed by atoms with Gasteiger partial charge in [0.2, 0.25) is 0 Å². The van der Waals surface area contributed by atoms with Crippen molar-refractivity contribution >= 4 is 11.6 Å². The van der Waals surface area contributed by atoms with Crippen LogP contribution in [0.25, 0.3) is 0 Å². The highest BCUT2D eigenvalue weighted by Crippen LogP contribution is 2.21. The minimum Gasteiger partial charge on any atom is -0.304 e. The SMILES string of the molecule is CCN(CC)CCC(Cl)c1ccccn1. The van der Waals surface area contributed by atoms with Crippen molar-refractivity contribution in [3.8, 4) is 0 Å². The first kappa shape index (κ1) is 12.5. The fraction of sp³-hybridized carbons (Fsp3) is 0.583. The lowest BCUT2D eigenvalue weighted by Crippen LogP contribution is -2.24. The molecule has 1 aromatic heterocycles. The second-order valence-electron chi connectivity index (χ2n) is 3.54. The van der Waals surface area contributed by atoms with Crippen LogP contribution in [-0.4, -0.2) is 29.5 Å². The van der Waals surface area contributed by atoms with Crippen molar-refractivity contribution in [1.82, 2.24) is 9.88 Å². The van der Waals surface area contributed by atoms with Gasteiger partial charge in [0.25, 0.3) is 0 Å². The molecule has 0 aromatic carbocycles. The average Bonchev–Trinajstić information content (AvgIpc) is 2.31. The summed E-state index contributed by atoms with van der Waals surface area (Å²) in [6.07, 6.45) is 2.75. The van der Waals surface area contributed by atoms with Gasteiger partial charge >= 0.3 is 0 Å². The van der Waals surface area contributed by atoms with Crippen LogP contribution in [0.3, 0.4) is 0 Å². The summed E-state index contributed by atoms with van der Waals surface area (Å²) in [5.41, 5.74) is 0.978. The molecule has 0 bridgehead atoms. The Morgan fingerprint density at radius 2 is 2.07 bits per heavy atom. The highest BCUT2D eigenvalue weighted by molar-refractivity contribution is 6.20. The second-order valence-corrected chi connectivity index (χ2v) is 4.06. The van der Waals surface area contributed by atoms with Crippen LogP contribution in [0.5, 0.6) is 0 Å². The topological polar surface area (TPSA) is 16.1 Å². The van der Waals surface area contributed by atoms with E-state index in [9.17, 15) is 0 Å². The van der Waals surface area contributed by atoms with Crippen molar-refractivity contribution in [2.75, 3.05) is 19.6 Å². The molecule has 2 nitrogen and oxygen atoms in total. The Balaban J connectivity index is 2.39. The minimum absolute atomic E-state index is 0.0341. The van der Waals surface area contributed by atoms with Gasteiger partial charge in [-0.3, -0.25) is 4.98 Å². The van der Waals surface area contributed by atoms with Crippen LogP contribution in [0, 0.1) is 0 Å². The molecule has 1 unspecified atom stereocenters. The normalized spacial score (nSPS) is 13.1. The molecule has 0 radical (unpaired) electrons. The Kier molecular flexibility index (Phi) is 5.66. The number of alkyl halides is 1. The maximum atomic E-state index is 6.28. The van der Waals surface area contributed by atoms with Crippen LogP contribution < -0.4 is 0 Å². The largest absolute Gasteiger partial charge is 0.304 e. The van der Waals surface area contributed by atoms with E-state index in [4.69, 9.17) is 11.6 Å². The van der Waals surface area contributed by atoms with Crippen molar-refractivity contribution in [1.29, 1.82) is 0 Å². The van der Waals surface area contributed by atoms with Gasteiger partial charge in [-0.15, -0.1) is 11.6 Å². The molecular weight excluding hydrogens is 208 g/mol. The first-order chi connectivity index (χ1) is 7.27. The molecule has 0 aliphatic heterocycles. The molecule has 0 spiro atoms. The number of hydrogen-bond donors (Lipinski definition) is 0. The summed E-state index contributed by atoms with van der Waals surface area (Å²) in [4.78, 5) is 6.63. The molecule has 0 amide bonds. The molecule has 15 heavy (non-hydrogen) atoms. The third-order valence-electron chi connectivity index (χ3n) is 2.60. The number of hydrogen-bond acceptors (Lipinski definition) is 2. The van der Waals surface area contributed by atoms with Gasteiger partial charge in [-0.2, -0.15) is 0 Å². The molecule has 0 aliphatic rings. The summed E-state index contributed by atoms with van der Waals surface area (Å²) in [5.74, 6) is 0. The smallest absolute Gasteiger partial charge is 0.0769 e. The van der Waals surface area contributed by atoms with Crippen LogP contribution in [0.4, 0.5) is 0 Å². The Morgan fingerprint density at radius 1 is 1.33 bits per heavy atom. The van der Waals surface area contributed by atoms with Gasteiger partial charge in [-0.1, -0.05) is 19.9 Å². The molecule has 0 saturated carbocycles. The number of aromatic nitrogens is 1. The van der Waals surface area contributed by atoms with Crippen LogP contribution in [0.1, 0.15) is 31.3 Å². The standard InChI is InChI=1S/C12H19ClN2/c1-3-15(4-2)10-8-11(13)12-7-5-6-9-14-12/h5-7,9,11H,3-4,8,10H2,1-2H3. The van der Waals surface area contributed by atoms with Crippen molar-refractivity contribution in [3.05, 3.63) is 30.1 Å². The van der Waals surface area contributed by atoms with E-state index < -0.39 is 0 Å². The van der Waals surface area contributed by atoms with E-state index >= 15 is 0 Å². The molecular formula is C12H19ClN2. The lowest BCUT2D eigenvalue weighted by atomic mass is 10.2. The van der Waals surface area contributed by atoms with Gasteiger partial charge in [0, 0.05) is 6.20 Å².